The molecular weight excluding hydrogens is 248 g/mol. The lowest BCUT2D eigenvalue weighted by Gasteiger charge is -2.13. The molecule has 1 unspecified atom stereocenters. The Kier molecular flexibility index (Phi) is 5.81. The molecule has 0 aliphatic rings. The van der Waals surface area contributed by atoms with E-state index < -0.39 is 6.09 Å². The van der Waals surface area contributed by atoms with Gasteiger partial charge in [0.2, 0.25) is 0 Å². The molecule has 1 rings (SSSR count). The number of amides is 2. The average molecular weight is 267 g/mol. The average Bonchev–Trinajstić information content (AvgIpc) is 2.39. The molecule has 0 aliphatic heterocycles. The van der Waals surface area contributed by atoms with Crippen LogP contribution in [0.5, 0.6) is 5.75 Å². The van der Waals surface area contributed by atoms with Crippen LogP contribution in [0.1, 0.15) is 5.56 Å². The van der Waals surface area contributed by atoms with Crippen molar-refractivity contribution in [1.82, 2.24) is 5.32 Å². The third-order valence-electron chi connectivity index (χ3n) is 2.55. The minimum Gasteiger partial charge on any atom is -0.497 e. The van der Waals surface area contributed by atoms with E-state index in [1.165, 1.54) is 7.11 Å². The number of rotatable bonds is 5. The lowest BCUT2D eigenvalue weighted by Crippen LogP contribution is -3.08. The van der Waals surface area contributed by atoms with Crippen molar-refractivity contribution < 1.29 is 24.0 Å². The fraction of sp³-hybridized carbons (Fsp3) is 0.385. The fourth-order valence-electron chi connectivity index (χ4n) is 1.64. The SMILES string of the molecule is COC(=O)NC(=O)C[NH+](C)Cc1ccc(OC)cc1. The van der Waals surface area contributed by atoms with Crippen LogP contribution in [0.2, 0.25) is 0 Å². The normalized spacial score (nSPS) is 11.5. The van der Waals surface area contributed by atoms with Crippen LogP contribution in [0.3, 0.4) is 0 Å². The number of ether oxygens (including phenoxy) is 2. The zero-order valence-corrected chi connectivity index (χ0v) is 11.4. The second-order valence-electron chi connectivity index (χ2n) is 4.20. The summed E-state index contributed by atoms with van der Waals surface area (Å²) in [5.74, 6) is 0.433. The molecule has 6 heteroatoms. The molecule has 6 nitrogen and oxygen atoms in total. The van der Waals surface area contributed by atoms with Crippen molar-refractivity contribution in [2.45, 2.75) is 6.54 Å². The molecule has 0 radical (unpaired) electrons. The minimum absolute atomic E-state index is 0.196. The lowest BCUT2D eigenvalue weighted by molar-refractivity contribution is -0.885. The zero-order chi connectivity index (χ0) is 14.3. The van der Waals surface area contributed by atoms with Crippen LogP contribution >= 0.6 is 0 Å². The number of imide groups is 1. The first-order valence-corrected chi connectivity index (χ1v) is 5.87. The molecule has 1 aromatic carbocycles. The minimum atomic E-state index is -0.734. The molecule has 1 aromatic rings. The Hall–Kier alpha value is -2.08. The van der Waals surface area contributed by atoms with E-state index in [4.69, 9.17) is 4.74 Å². The van der Waals surface area contributed by atoms with Crippen LogP contribution in [0, 0.1) is 0 Å². The van der Waals surface area contributed by atoms with Crippen molar-refractivity contribution in [1.29, 1.82) is 0 Å². The van der Waals surface area contributed by atoms with Gasteiger partial charge in [-0.05, 0) is 24.3 Å². The molecule has 0 heterocycles. The van der Waals surface area contributed by atoms with Crippen molar-refractivity contribution in [3.63, 3.8) is 0 Å². The number of carbonyl (C=O) groups is 2. The maximum atomic E-state index is 11.5. The molecule has 1 atom stereocenters. The third kappa shape index (κ3) is 5.39. The summed E-state index contributed by atoms with van der Waals surface area (Å²) in [6.07, 6.45) is -0.734. The second-order valence-corrected chi connectivity index (χ2v) is 4.20. The van der Waals surface area contributed by atoms with E-state index in [9.17, 15) is 9.59 Å². The number of alkyl carbamates (subject to hydrolysis) is 1. The molecule has 0 aromatic heterocycles. The number of carbonyl (C=O) groups excluding carboxylic acids is 2. The first-order chi connectivity index (χ1) is 9.05. The smallest absolute Gasteiger partial charge is 0.413 e. The van der Waals surface area contributed by atoms with Gasteiger partial charge in [0, 0.05) is 5.56 Å². The number of likely N-dealkylation sites (N-methyl/N-ethyl adjacent to an activating group) is 1. The summed E-state index contributed by atoms with van der Waals surface area (Å²) in [6, 6.07) is 7.63. The van der Waals surface area contributed by atoms with E-state index in [1.807, 2.05) is 31.3 Å². The molecule has 2 N–H and O–H groups in total. The number of nitrogens with one attached hydrogen (secondary N) is 2. The predicted octanol–water partition coefficient (Wildman–Crippen LogP) is -0.407. The van der Waals surface area contributed by atoms with Crippen LogP contribution < -0.4 is 15.0 Å². The molecular formula is C13H19N2O4+. The summed E-state index contributed by atoms with van der Waals surface area (Å²) in [7, 11) is 4.71. The lowest BCUT2D eigenvalue weighted by atomic mass is 10.2. The van der Waals surface area contributed by atoms with Crippen LogP contribution in [0.25, 0.3) is 0 Å². The van der Waals surface area contributed by atoms with Gasteiger partial charge in [-0.2, -0.15) is 0 Å². The zero-order valence-electron chi connectivity index (χ0n) is 11.4. The quantitative estimate of drug-likeness (QED) is 0.761. The van der Waals surface area contributed by atoms with E-state index in [0.717, 1.165) is 16.2 Å². The van der Waals surface area contributed by atoms with Crippen LogP contribution in [0.4, 0.5) is 4.79 Å². The molecule has 0 saturated heterocycles. The maximum Gasteiger partial charge on any atom is 0.413 e. The van der Waals surface area contributed by atoms with Gasteiger partial charge in [0.25, 0.3) is 5.91 Å². The maximum absolute atomic E-state index is 11.5. The monoisotopic (exact) mass is 267 g/mol. The first-order valence-electron chi connectivity index (χ1n) is 5.87. The number of hydrogen-bond acceptors (Lipinski definition) is 4. The van der Waals surface area contributed by atoms with Gasteiger partial charge in [-0.1, -0.05) is 0 Å². The third-order valence-corrected chi connectivity index (χ3v) is 2.55. The van der Waals surface area contributed by atoms with Gasteiger partial charge in [0.15, 0.2) is 6.54 Å². The highest BCUT2D eigenvalue weighted by Gasteiger charge is 2.13. The van der Waals surface area contributed by atoms with E-state index in [1.54, 1.807) is 7.11 Å². The summed E-state index contributed by atoms with van der Waals surface area (Å²) in [6.45, 7) is 0.875. The predicted molar refractivity (Wildman–Crippen MR) is 69.0 cm³/mol. The number of quaternary nitrogens is 1. The second kappa shape index (κ2) is 7.38. The van der Waals surface area contributed by atoms with Gasteiger partial charge in [-0.3, -0.25) is 10.1 Å². The van der Waals surface area contributed by atoms with E-state index in [2.05, 4.69) is 10.1 Å². The highest BCUT2D eigenvalue weighted by atomic mass is 16.5. The van der Waals surface area contributed by atoms with Crippen molar-refractivity contribution in [3.05, 3.63) is 29.8 Å². The van der Waals surface area contributed by atoms with Crippen LogP contribution in [-0.2, 0) is 16.1 Å². The van der Waals surface area contributed by atoms with Crippen molar-refractivity contribution in [3.8, 4) is 5.75 Å². The van der Waals surface area contributed by atoms with Crippen LogP contribution in [-0.4, -0.2) is 39.8 Å². The Balaban J connectivity index is 2.43. The van der Waals surface area contributed by atoms with E-state index in [-0.39, 0.29) is 12.5 Å². The van der Waals surface area contributed by atoms with E-state index in [0.29, 0.717) is 6.54 Å². The fourth-order valence-corrected chi connectivity index (χ4v) is 1.64. The van der Waals surface area contributed by atoms with Gasteiger partial charge in [-0.15, -0.1) is 0 Å². The summed E-state index contributed by atoms with van der Waals surface area (Å²) in [4.78, 5) is 23.3. The van der Waals surface area contributed by atoms with Gasteiger partial charge in [0.1, 0.15) is 12.3 Å². The highest BCUT2D eigenvalue weighted by molar-refractivity contribution is 5.92. The van der Waals surface area contributed by atoms with Crippen LogP contribution in [0.15, 0.2) is 24.3 Å². The molecule has 104 valence electrons. The molecule has 0 aliphatic carbocycles. The summed E-state index contributed by atoms with van der Waals surface area (Å²) >= 11 is 0. The van der Waals surface area contributed by atoms with Gasteiger partial charge < -0.3 is 14.4 Å². The Morgan fingerprint density at radius 3 is 2.37 bits per heavy atom. The Labute approximate surface area is 112 Å². The molecule has 19 heavy (non-hydrogen) atoms. The van der Waals surface area contributed by atoms with Gasteiger partial charge in [-0.25, -0.2) is 4.79 Å². The molecule has 0 saturated carbocycles. The summed E-state index contributed by atoms with van der Waals surface area (Å²) < 4.78 is 9.42. The molecule has 0 fully saturated rings. The first kappa shape index (κ1) is 15.0. The molecule has 2 amide bonds. The Morgan fingerprint density at radius 2 is 1.84 bits per heavy atom. The van der Waals surface area contributed by atoms with Gasteiger partial charge >= 0.3 is 6.09 Å². The van der Waals surface area contributed by atoms with Crippen molar-refractivity contribution >= 4 is 12.0 Å². The van der Waals surface area contributed by atoms with Crippen molar-refractivity contribution in [2.24, 2.45) is 0 Å². The molecule has 0 bridgehead atoms. The summed E-state index contributed by atoms with van der Waals surface area (Å²) in [5.41, 5.74) is 1.09. The Morgan fingerprint density at radius 1 is 1.21 bits per heavy atom. The summed E-state index contributed by atoms with van der Waals surface area (Å²) in [5, 5.41) is 2.12. The number of hydrogen-bond donors (Lipinski definition) is 2. The highest BCUT2D eigenvalue weighted by Crippen LogP contribution is 2.10. The van der Waals surface area contributed by atoms with E-state index >= 15 is 0 Å². The largest absolute Gasteiger partial charge is 0.497 e. The topological polar surface area (TPSA) is 69.1 Å². The standard InChI is InChI=1S/C13H18N2O4/c1-15(9-12(16)14-13(17)19-3)8-10-4-6-11(18-2)7-5-10/h4-7H,8-9H2,1-3H3,(H,14,16,17)/p+1. The number of methoxy groups -OCH3 is 2. The van der Waals surface area contributed by atoms with Crippen molar-refractivity contribution in [2.75, 3.05) is 27.8 Å². The number of benzene rings is 1. The molecule has 0 spiro atoms. The Bertz CT molecular complexity index is 431. The van der Waals surface area contributed by atoms with Gasteiger partial charge in [0.05, 0.1) is 21.3 Å².